The average molecular weight is 308 g/mol. The van der Waals surface area contributed by atoms with Gasteiger partial charge in [0.2, 0.25) is 0 Å². The Bertz CT molecular complexity index is 437. The van der Waals surface area contributed by atoms with E-state index in [4.69, 9.17) is 10.8 Å². The van der Waals surface area contributed by atoms with Crippen LogP contribution in [0.5, 0.6) is 0 Å². The maximum Gasteiger partial charge on any atom is 0.419 e. The minimum atomic E-state index is -4.72. The Morgan fingerprint density at radius 3 is 2.48 bits per heavy atom. The molecule has 0 aliphatic rings. The van der Waals surface area contributed by atoms with E-state index in [1.807, 2.05) is 0 Å². The monoisotopic (exact) mass is 308 g/mol. The summed E-state index contributed by atoms with van der Waals surface area (Å²) in [6, 6.07) is 2.46. The molecule has 1 aromatic carbocycles. The van der Waals surface area contributed by atoms with Gasteiger partial charge in [0, 0.05) is 19.2 Å². The second-order valence-electron chi connectivity index (χ2n) is 4.76. The normalized spacial score (nSPS) is 13.4. The van der Waals surface area contributed by atoms with Gasteiger partial charge in [0.15, 0.2) is 0 Å². The maximum atomic E-state index is 13.2. The van der Waals surface area contributed by atoms with Gasteiger partial charge in [-0.15, -0.1) is 0 Å². The van der Waals surface area contributed by atoms with Crippen molar-refractivity contribution >= 4 is 0 Å². The third-order valence-electron chi connectivity index (χ3n) is 3.16. The summed E-state index contributed by atoms with van der Waals surface area (Å²) >= 11 is 0. The average Bonchev–Trinajstić information content (AvgIpc) is 2.42. The predicted molar refractivity (Wildman–Crippen MR) is 72.1 cm³/mol. The summed E-state index contributed by atoms with van der Waals surface area (Å²) < 4.78 is 51.2. The molecule has 4 N–H and O–H groups in total. The molecule has 1 unspecified atom stereocenters. The molecule has 0 aliphatic carbocycles. The lowest BCUT2D eigenvalue weighted by Crippen LogP contribution is -2.29. The van der Waals surface area contributed by atoms with Crippen molar-refractivity contribution in [2.45, 2.75) is 31.5 Å². The fourth-order valence-corrected chi connectivity index (χ4v) is 2.00. The quantitative estimate of drug-likeness (QED) is 0.511. The number of nitrogens with two attached hydrogens (primary N) is 1. The highest BCUT2D eigenvalue weighted by Gasteiger charge is 2.34. The van der Waals surface area contributed by atoms with Crippen LogP contribution >= 0.6 is 0 Å². The van der Waals surface area contributed by atoms with Gasteiger partial charge in [0.1, 0.15) is 5.82 Å². The minimum absolute atomic E-state index is 0.114. The number of benzene rings is 1. The van der Waals surface area contributed by atoms with Gasteiger partial charge in [-0.1, -0.05) is 6.07 Å². The number of nitrogens with one attached hydrogen (secondary N) is 1. The van der Waals surface area contributed by atoms with Crippen LogP contribution in [0, 0.1) is 5.82 Å². The van der Waals surface area contributed by atoms with Crippen molar-refractivity contribution in [3.8, 4) is 0 Å². The highest BCUT2D eigenvalue weighted by atomic mass is 19.4. The Hall–Kier alpha value is -1.18. The number of alkyl halides is 3. The van der Waals surface area contributed by atoms with Crippen molar-refractivity contribution in [2.24, 2.45) is 5.73 Å². The molecule has 0 heterocycles. The first-order chi connectivity index (χ1) is 9.90. The molecule has 3 nitrogen and oxygen atoms in total. The zero-order chi connectivity index (χ0) is 15.9. The van der Waals surface area contributed by atoms with Gasteiger partial charge in [-0.05, 0) is 43.5 Å². The van der Waals surface area contributed by atoms with E-state index in [0.29, 0.717) is 18.5 Å². The van der Waals surface area contributed by atoms with Crippen LogP contribution in [0.25, 0.3) is 0 Å². The van der Waals surface area contributed by atoms with E-state index < -0.39 is 23.6 Å². The minimum Gasteiger partial charge on any atom is -0.396 e. The molecule has 7 heteroatoms. The summed E-state index contributed by atoms with van der Waals surface area (Å²) in [5, 5.41) is 11.7. The van der Waals surface area contributed by atoms with Crippen LogP contribution in [-0.4, -0.2) is 24.8 Å². The molecule has 1 atom stereocenters. The fourth-order valence-electron chi connectivity index (χ4n) is 2.00. The van der Waals surface area contributed by atoms with Crippen molar-refractivity contribution in [3.63, 3.8) is 0 Å². The number of aliphatic hydroxyl groups is 1. The van der Waals surface area contributed by atoms with Crippen LogP contribution in [0.1, 0.15) is 36.4 Å². The Balaban J connectivity index is 2.72. The molecule has 0 spiro atoms. The van der Waals surface area contributed by atoms with Crippen LogP contribution in [0.4, 0.5) is 17.6 Å². The Morgan fingerprint density at radius 1 is 1.19 bits per heavy atom. The zero-order valence-electron chi connectivity index (χ0n) is 11.6. The van der Waals surface area contributed by atoms with E-state index in [2.05, 4.69) is 5.32 Å². The summed E-state index contributed by atoms with van der Waals surface area (Å²) in [7, 11) is 0. The Labute approximate surface area is 121 Å². The topological polar surface area (TPSA) is 58.3 Å². The molecule has 21 heavy (non-hydrogen) atoms. The van der Waals surface area contributed by atoms with Crippen LogP contribution in [0.3, 0.4) is 0 Å². The molecular weight excluding hydrogens is 288 g/mol. The van der Waals surface area contributed by atoms with Crippen molar-refractivity contribution in [1.29, 1.82) is 0 Å². The molecular formula is C14H20F4N2O. The molecule has 0 amide bonds. The van der Waals surface area contributed by atoms with Crippen LogP contribution in [0.15, 0.2) is 18.2 Å². The van der Waals surface area contributed by atoms with Gasteiger partial charge < -0.3 is 16.2 Å². The van der Waals surface area contributed by atoms with E-state index in [0.717, 1.165) is 25.0 Å². The predicted octanol–water partition coefficient (Wildman–Crippen LogP) is 2.60. The first kappa shape index (κ1) is 17.9. The number of aliphatic hydroxyl groups excluding tert-OH is 1. The SMILES string of the molecule is NCC(NCCCCCO)c1ccc(F)c(C(F)(F)F)c1. The lowest BCUT2D eigenvalue weighted by Gasteiger charge is -2.19. The first-order valence-corrected chi connectivity index (χ1v) is 6.81. The third kappa shape index (κ3) is 5.61. The molecule has 1 aromatic rings. The number of unbranched alkanes of at least 4 members (excludes halogenated alkanes) is 2. The van der Waals surface area contributed by atoms with Crippen molar-refractivity contribution in [2.75, 3.05) is 19.7 Å². The van der Waals surface area contributed by atoms with Gasteiger partial charge in [-0.3, -0.25) is 0 Å². The standard InChI is InChI=1S/C14H20F4N2O/c15-12-5-4-10(8-11(12)14(16,17)18)13(9-19)20-6-2-1-3-7-21/h4-5,8,13,20-21H,1-3,6-7,9,19H2. The lowest BCUT2D eigenvalue weighted by molar-refractivity contribution is -0.140. The van der Waals surface area contributed by atoms with E-state index in [1.165, 1.54) is 6.07 Å². The van der Waals surface area contributed by atoms with Gasteiger partial charge in [0.05, 0.1) is 5.56 Å². The smallest absolute Gasteiger partial charge is 0.396 e. The molecule has 0 saturated carbocycles. The second-order valence-corrected chi connectivity index (χ2v) is 4.76. The Morgan fingerprint density at radius 2 is 1.90 bits per heavy atom. The van der Waals surface area contributed by atoms with Crippen molar-refractivity contribution < 1.29 is 22.7 Å². The van der Waals surface area contributed by atoms with Crippen LogP contribution in [0.2, 0.25) is 0 Å². The van der Waals surface area contributed by atoms with Crippen molar-refractivity contribution in [1.82, 2.24) is 5.32 Å². The summed E-state index contributed by atoms with van der Waals surface area (Å²) in [4.78, 5) is 0. The molecule has 0 radical (unpaired) electrons. The van der Waals surface area contributed by atoms with E-state index >= 15 is 0 Å². The molecule has 0 aromatic heterocycles. The molecule has 120 valence electrons. The number of halogens is 4. The van der Waals surface area contributed by atoms with Crippen molar-refractivity contribution in [3.05, 3.63) is 35.1 Å². The number of hydrogen-bond donors (Lipinski definition) is 3. The Kier molecular flexibility index (Phi) is 7.07. The number of rotatable bonds is 8. The fraction of sp³-hybridized carbons (Fsp3) is 0.571. The largest absolute Gasteiger partial charge is 0.419 e. The van der Waals surface area contributed by atoms with Gasteiger partial charge >= 0.3 is 6.18 Å². The lowest BCUT2D eigenvalue weighted by atomic mass is 10.0. The molecule has 0 fully saturated rings. The highest BCUT2D eigenvalue weighted by molar-refractivity contribution is 5.29. The van der Waals surface area contributed by atoms with Crippen LogP contribution in [-0.2, 0) is 6.18 Å². The molecule has 1 rings (SSSR count). The first-order valence-electron chi connectivity index (χ1n) is 6.81. The van der Waals surface area contributed by atoms with E-state index in [-0.39, 0.29) is 13.2 Å². The van der Waals surface area contributed by atoms with Gasteiger partial charge in [0.25, 0.3) is 0 Å². The highest BCUT2D eigenvalue weighted by Crippen LogP contribution is 2.32. The van der Waals surface area contributed by atoms with Gasteiger partial charge in [-0.25, -0.2) is 4.39 Å². The molecule has 0 saturated heterocycles. The summed E-state index contributed by atoms with van der Waals surface area (Å²) in [6.45, 7) is 0.802. The summed E-state index contributed by atoms with van der Waals surface area (Å²) in [6.07, 6.45) is -2.44. The summed E-state index contributed by atoms with van der Waals surface area (Å²) in [5.74, 6) is -1.29. The second kappa shape index (κ2) is 8.31. The van der Waals surface area contributed by atoms with E-state index in [9.17, 15) is 17.6 Å². The molecule has 0 bridgehead atoms. The van der Waals surface area contributed by atoms with Gasteiger partial charge in [-0.2, -0.15) is 13.2 Å². The third-order valence-corrected chi connectivity index (χ3v) is 3.16. The molecule has 0 aliphatic heterocycles. The zero-order valence-corrected chi connectivity index (χ0v) is 11.6. The van der Waals surface area contributed by atoms with Crippen LogP contribution < -0.4 is 11.1 Å². The van der Waals surface area contributed by atoms with E-state index in [1.54, 1.807) is 0 Å². The number of hydrogen-bond acceptors (Lipinski definition) is 3. The summed E-state index contributed by atoms with van der Waals surface area (Å²) in [5.41, 5.74) is 4.60. The maximum absolute atomic E-state index is 13.2.